The van der Waals surface area contributed by atoms with Crippen molar-refractivity contribution in [1.82, 2.24) is 20.4 Å². The van der Waals surface area contributed by atoms with Crippen molar-refractivity contribution in [2.75, 3.05) is 19.6 Å². The van der Waals surface area contributed by atoms with Crippen LogP contribution in [0.3, 0.4) is 0 Å². The average molecular weight is 380 g/mol. The van der Waals surface area contributed by atoms with Gasteiger partial charge in [0.05, 0.1) is 0 Å². The Morgan fingerprint density at radius 1 is 1.25 bits per heavy atom. The first-order valence-electron chi connectivity index (χ1n) is 10.5. The molecule has 0 spiro atoms. The fourth-order valence-corrected chi connectivity index (χ4v) is 4.50. The summed E-state index contributed by atoms with van der Waals surface area (Å²) in [4.78, 5) is 18.2. The molecule has 2 aliphatic carbocycles. The number of likely N-dealkylation sites (tertiary alicyclic amines) is 1. The van der Waals surface area contributed by atoms with Crippen LogP contribution in [0.25, 0.3) is 0 Å². The van der Waals surface area contributed by atoms with Crippen molar-refractivity contribution in [3.8, 4) is 0 Å². The highest BCUT2D eigenvalue weighted by molar-refractivity contribution is 5.73. The zero-order valence-corrected chi connectivity index (χ0v) is 16.4. The zero-order valence-electron chi connectivity index (χ0n) is 16.4. The predicted octanol–water partition coefficient (Wildman–Crippen LogP) is 2.97. The van der Waals surface area contributed by atoms with Crippen LogP contribution in [0.5, 0.6) is 0 Å². The fourth-order valence-electron chi connectivity index (χ4n) is 4.50. The second-order valence-corrected chi connectivity index (χ2v) is 8.76. The highest BCUT2D eigenvalue weighted by Gasteiger charge is 2.50. The first-order valence-corrected chi connectivity index (χ1v) is 10.5. The Balaban J connectivity index is 1.17. The summed E-state index contributed by atoms with van der Waals surface area (Å²) < 4.78 is 5.65. The van der Waals surface area contributed by atoms with Crippen LogP contribution in [-0.2, 0) is 10.2 Å². The van der Waals surface area contributed by atoms with Crippen LogP contribution in [0, 0.1) is 0 Å². The lowest BCUT2D eigenvalue weighted by Gasteiger charge is -2.29. The number of nitrogens with one attached hydrogen (secondary N) is 1. The molecule has 2 atom stereocenters. The van der Waals surface area contributed by atoms with Gasteiger partial charge >= 0.3 is 0 Å². The van der Waals surface area contributed by atoms with Crippen LogP contribution in [0.4, 0.5) is 0 Å². The molecule has 148 valence electrons. The molecule has 1 N–H and O–H groups in total. The molecule has 3 aliphatic rings. The summed E-state index contributed by atoms with van der Waals surface area (Å²) >= 11 is 0. The Kier molecular flexibility index (Phi) is 4.46. The van der Waals surface area contributed by atoms with Gasteiger partial charge in [-0.1, -0.05) is 35.5 Å². The molecule has 1 unspecified atom stereocenters. The highest BCUT2D eigenvalue weighted by atomic mass is 16.5. The van der Waals surface area contributed by atoms with E-state index in [1.165, 1.54) is 12.0 Å². The summed E-state index contributed by atoms with van der Waals surface area (Å²) in [6.45, 7) is 4.14. The van der Waals surface area contributed by atoms with Crippen LogP contribution in [0.1, 0.15) is 68.1 Å². The number of rotatable bonds is 6. The number of hydrogen-bond acceptors (Lipinski definition) is 5. The summed E-state index contributed by atoms with van der Waals surface area (Å²) in [5.74, 6) is 2.72. The lowest BCUT2D eigenvalue weighted by Crippen LogP contribution is -2.36. The minimum atomic E-state index is 0.0612. The molecule has 2 aromatic rings. The van der Waals surface area contributed by atoms with Gasteiger partial charge in [0.2, 0.25) is 11.8 Å². The van der Waals surface area contributed by atoms with Gasteiger partial charge in [0.1, 0.15) is 0 Å². The van der Waals surface area contributed by atoms with Gasteiger partial charge in [-0.25, -0.2) is 0 Å². The molecule has 1 aromatic carbocycles. The Bertz CT molecular complexity index is 837. The van der Waals surface area contributed by atoms with Crippen LogP contribution < -0.4 is 5.32 Å². The van der Waals surface area contributed by atoms with Crippen molar-refractivity contribution in [3.05, 3.63) is 47.6 Å². The molecule has 0 bridgehead atoms. The van der Waals surface area contributed by atoms with Gasteiger partial charge in [0.25, 0.3) is 0 Å². The normalized spacial score (nSPS) is 26.2. The molecule has 2 saturated carbocycles. The number of carbonyl (C=O) groups excluding carboxylic acids is 1. The summed E-state index contributed by atoms with van der Waals surface area (Å²) in [5, 5.41) is 8.10. The fraction of sp³-hybridized carbons (Fsp3) is 0.591. The van der Waals surface area contributed by atoms with Crippen LogP contribution in [0.15, 0.2) is 34.9 Å². The van der Waals surface area contributed by atoms with Gasteiger partial charge < -0.3 is 14.7 Å². The van der Waals surface area contributed by atoms with E-state index in [2.05, 4.69) is 40.8 Å². The summed E-state index contributed by atoms with van der Waals surface area (Å²) in [7, 11) is 0. The number of amides is 1. The molecule has 1 saturated heterocycles. The maximum absolute atomic E-state index is 11.5. The maximum atomic E-state index is 11.5. The van der Waals surface area contributed by atoms with Crippen LogP contribution in [0.2, 0.25) is 0 Å². The molecule has 1 aliphatic heterocycles. The molecule has 28 heavy (non-hydrogen) atoms. The van der Waals surface area contributed by atoms with Crippen molar-refractivity contribution >= 4 is 5.91 Å². The maximum Gasteiger partial charge on any atom is 0.229 e. The molecule has 1 aromatic heterocycles. The third-order valence-electron chi connectivity index (χ3n) is 6.78. The van der Waals surface area contributed by atoms with Crippen molar-refractivity contribution in [1.29, 1.82) is 0 Å². The SMILES string of the molecule is CC(=O)N1CCC(c2nc(C3(CNC4C[C@@H]4c4ccccc4)CC3)no2)CC1. The molecule has 0 radical (unpaired) electrons. The number of benzene rings is 1. The van der Waals surface area contributed by atoms with E-state index in [0.717, 1.165) is 57.0 Å². The highest BCUT2D eigenvalue weighted by Crippen LogP contribution is 2.48. The smallest absolute Gasteiger partial charge is 0.229 e. The van der Waals surface area contributed by atoms with E-state index in [-0.39, 0.29) is 17.2 Å². The van der Waals surface area contributed by atoms with Crippen molar-refractivity contribution in [2.24, 2.45) is 0 Å². The summed E-state index contributed by atoms with van der Waals surface area (Å²) in [6, 6.07) is 11.3. The van der Waals surface area contributed by atoms with E-state index in [1.807, 2.05) is 4.90 Å². The van der Waals surface area contributed by atoms with E-state index < -0.39 is 0 Å². The van der Waals surface area contributed by atoms with Gasteiger partial charge in [-0.2, -0.15) is 4.98 Å². The number of hydrogen-bond donors (Lipinski definition) is 1. The van der Waals surface area contributed by atoms with Crippen molar-refractivity contribution in [3.63, 3.8) is 0 Å². The van der Waals surface area contributed by atoms with E-state index in [9.17, 15) is 4.79 Å². The van der Waals surface area contributed by atoms with Gasteiger partial charge in [-0.3, -0.25) is 4.79 Å². The average Bonchev–Trinajstić information content (AvgIpc) is 3.64. The number of nitrogens with zero attached hydrogens (tertiary/aromatic N) is 3. The van der Waals surface area contributed by atoms with E-state index in [0.29, 0.717) is 12.0 Å². The third kappa shape index (κ3) is 3.46. The van der Waals surface area contributed by atoms with Gasteiger partial charge in [0.15, 0.2) is 5.82 Å². The second kappa shape index (κ2) is 6.99. The standard InChI is InChI=1S/C22H28N4O2/c1-15(27)26-11-7-17(8-12-26)20-24-21(25-28-20)22(9-10-22)14-23-19-13-18(19)16-5-3-2-4-6-16/h2-6,17-19,23H,7-14H2,1H3/t18-,19?/m1/s1. The van der Waals surface area contributed by atoms with Crippen molar-refractivity contribution in [2.45, 2.75) is 62.3 Å². The minimum absolute atomic E-state index is 0.0612. The number of aromatic nitrogens is 2. The van der Waals surface area contributed by atoms with Crippen LogP contribution in [-0.4, -0.2) is 46.6 Å². The molecule has 6 heteroatoms. The molecule has 1 amide bonds. The number of carbonyl (C=O) groups is 1. The second-order valence-electron chi connectivity index (χ2n) is 8.76. The summed E-state index contributed by atoms with van der Waals surface area (Å²) in [5.41, 5.74) is 1.50. The monoisotopic (exact) mass is 380 g/mol. The Morgan fingerprint density at radius 2 is 2.00 bits per heavy atom. The zero-order chi connectivity index (χ0) is 19.1. The third-order valence-corrected chi connectivity index (χ3v) is 6.78. The van der Waals surface area contributed by atoms with Crippen LogP contribution >= 0.6 is 0 Å². The van der Waals surface area contributed by atoms with Gasteiger partial charge in [0, 0.05) is 49.9 Å². The number of piperidine rings is 1. The van der Waals surface area contributed by atoms with Gasteiger partial charge in [-0.15, -0.1) is 0 Å². The minimum Gasteiger partial charge on any atom is -0.343 e. The molecular formula is C22H28N4O2. The van der Waals surface area contributed by atoms with E-state index >= 15 is 0 Å². The summed E-state index contributed by atoms with van der Waals surface area (Å²) in [6.07, 6.45) is 5.29. The first kappa shape index (κ1) is 17.9. The lowest BCUT2D eigenvalue weighted by molar-refractivity contribution is -0.129. The molecular weight excluding hydrogens is 352 g/mol. The Hall–Kier alpha value is -2.21. The van der Waals surface area contributed by atoms with E-state index in [1.54, 1.807) is 6.92 Å². The molecule has 3 fully saturated rings. The molecule has 6 nitrogen and oxygen atoms in total. The topological polar surface area (TPSA) is 71.3 Å². The molecule has 5 rings (SSSR count). The quantitative estimate of drug-likeness (QED) is 0.834. The van der Waals surface area contributed by atoms with Crippen molar-refractivity contribution < 1.29 is 9.32 Å². The largest absolute Gasteiger partial charge is 0.343 e. The Labute approximate surface area is 165 Å². The lowest BCUT2D eigenvalue weighted by atomic mass is 9.96. The van der Waals surface area contributed by atoms with E-state index in [4.69, 9.17) is 9.51 Å². The Morgan fingerprint density at radius 3 is 2.68 bits per heavy atom. The first-order chi connectivity index (χ1) is 13.6. The molecule has 2 heterocycles. The van der Waals surface area contributed by atoms with Gasteiger partial charge in [-0.05, 0) is 37.7 Å². The predicted molar refractivity (Wildman–Crippen MR) is 105 cm³/mol.